The highest BCUT2D eigenvalue weighted by Gasteiger charge is 2.39. The Labute approximate surface area is 113 Å². The molecule has 3 N–H and O–H groups in total. The number of hydrogen-bond donors (Lipinski definition) is 3. The number of aliphatic hydroxyl groups excluding tert-OH is 1. The van der Waals surface area contributed by atoms with E-state index < -0.39 is 24.2 Å². The summed E-state index contributed by atoms with van der Waals surface area (Å²) in [7, 11) is 0. The summed E-state index contributed by atoms with van der Waals surface area (Å²) in [6.45, 7) is 0.692. The molecule has 0 bridgehead atoms. The van der Waals surface area contributed by atoms with E-state index in [2.05, 4.69) is 21.2 Å². The van der Waals surface area contributed by atoms with Crippen molar-refractivity contribution in [2.45, 2.75) is 24.9 Å². The van der Waals surface area contributed by atoms with Gasteiger partial charge in [-0.15, -0.1) is 0 Å². The Hall–Kier alpha value is -0.950. The van der Waals surface area contributed by atoms with Crippen LogP contribution in [0.15, 0.2) is 28.7 Å². The number of ether oxygens (including phenoxy) is 1. The Balaban J connectivity index is 1.88. The molecule has 0 radical (unpaired) electrons. The first-order chi connectivity index (χ1) is 8.58. The lowest BCUT2D eigenvalue weighted by molar-refractivity contribution is -0.142. The highest BCUT2D eigenvalue weighted by Crippen LogP contribution is 2.16. The number of hydrogen-bond acceptors (Lipinski definition) is 4. The predicted octanol–water partition coefficient (Wildman–Crippen LogP) is 0.752. The van der Waals surface area contributed by atoms with Crippen molar-refractivity contribution in [3.05, 3.63) is 34.3 Å². The van der Waals surface area contributed by atoms with E-state index in [1.807, 2.05) is 24.3 Å². The summed E-state index contributed by atoms with van der Waals surface area (Å²) in [5.41, 5.74) is 0.976. The fraction of sp³-hybridized carbons (Fsp3) is 0.417. The molecule has 1 aliphatic rings. The van der Waals surface area contributed by atoms with Gasteiger partial charge in [-0.1, -0.05) is 28.1 Å². The van der Waals surface area contributed by atoms with Crippen molar-refractivity contribution in [2.75, 3.05) is 6.54 Å². The molecule has 0 aromatic heterocycles. The summed E-state index contributed by atoms with van der Waals surface area (Å²) in [6.07, 6.45) is -1.51. The average Bonchev–Trinajstić information content (AvgIpc) is 2.70. The molecule has 3 atom stereocenters. The van der Waals surface area contributed by atoms with E-state index in [1.54, 1.807) is 0 Å². The third-order valence-electron chi connectivity index (χ3n) is 2.90. The number of benzene rings is 1. The van der Waals surface area contributed by atoms with Crippen LogP contribution in [-0.2, 0) is 16.1 Å². The van der Waals surface area contributed by atoms with Gasteiger partial charge < -0.3 is 14.9 Å². The van der Waals surface area contributed by atoms with Gasteiger partial charge in [0.2, 0.25) is 0 Å². The second kappa shape index (κ2) is 5.79. The second-order valence-electron chi connectivity index (χ2n) is 4.19. The summed E-state index contributed by atoms with van der Waals surface area (Å²) in [5.74, 6) is -1.06. The zero-order valence-electron chi connectivity index (χ0n) is 9.54. The molecule has 1 aromatic rings. The minimum absolute atomic E-state index is 0.342. The summed E-state index contributed by atoms with van der Waals surface area (Å²) in [5, 5.41) is 21.3. The first-order valence-electron chi connectivity index (χ1n) is 5.58. The van der Waals surface area contributed by atoms with Crippen molar-refractivity contribution in [2.24, 2.45) is 0 Å². The van der Waals surface area contributed by atoms with Gasteiger partial charge in [-0.2, -0.15) is 0 Å². The molecule has 1 heterocycles. The van der Waals surface area contributed by atoms with E-state index >= 15 is 0 Å². The van der Waals surface area contributed by atoms with Crippen LogP contribution >= 0.6 is 15.9 Å². The summed E-state index contributed by atoms with van der Waals surface area (Å²) >= 11 is 3.34. The summed E-state index contributed by atoms with van der Waals surface area (Å²) in [4.78, 5) is 10.8. The van der Waals surface area contributed by atoms with Gasteiger partial charge in [0.05, 0.1) is 12.7 Å². The van der Waals surface area contributed by atoms with Gasteiger partial charge in [0, 0.05) is 11.0 Å². The maximum absolute atomic E-state index is 10.8. The number of carboxylic acid groups (broad SMARTS) is 1. The van der Waals surface area contributed by atoms with Crippen LogP contribution in [-0.4, -0.2) is 41.0 Å². The van der Waals surface area contributed by atoms with Gasteiger partial charge >= 0.3 is 5.97 Å². The first kappa shape index (κ1) is 13.5. The van der Waals surface area contributed by atoms with Crippen molar-refractivity contribution < 1.29 is 19.7 Å². The third-order valence-corrected chi connectivity index (χ3v) is 3.43. The number of carboxylic acids is 1. The van der Waals surface area contributed by atoms with Gasteiger partial charge in [-0.3, -0.25) is 10.1 Å². The number of nitrogens with one attached hydrogen (secondary N) is 1. The van der Waals surface area contributed by atoms with Crippen LogP contribution in [0.3, 0.4) is 0 Å². The van der Waals surface area contributed by atoms with Crippen molar-refractivity contribution in [3.63, 3.8) is 0 Å². The van der Waals surface area contributed by atoms with Crippen LogP contribution in [0.2, 0.25) is 0 Å². The number of halogens is 1. The average molecular weight is 316 g/mol. The van der Waals surface area contributed by atoms with Gasteiger partial charge in [0.1, 0.15) is 12.1 Å². The predicted molar refractivity (Wildman–Crippen MR) is 68.2 cm³/mol. The molecule has 0 spiro atoms. The topological polar surface area (TPSA) is 78.8 Å². The van der Waals surface area contributed by atoms with Crippen LogP contribution in [0.1, 0.15) is 5.56 Å². The standard InChI is InChI=1S/C12H14BrNO4/c13-8-3-1-7(2-4-8)6-18-9-5-14-10(11(9)15)12(16)17/h1-4,9-11,14-15H,5-6H2,(H,16,17)/t9-,10-,11+/m0/s1. The van der Waals surface area contributed by atoms with E-state index in [-0.39, 0.29) is 0 Å². The fourth-order valence-corrected chi connectivity index (χ4v) is 2.14. The molecule has 1 aromatic carbocycles. The largest absolute Gasteiger partial charge is 0.480 e. The number of aliphatic carboxylic acids is 1. The lowest BCUT2D eigenvalue weighted by Gasteiger charge is -2.16. The Morgan fingerprint density at radius 1 is 1.44 bits per heavy atom. The van der Waals surface area contributed by atoms with Gasteiger partial charge in [0.25, 0.3) is 0 Å². The highest BCUT2D eigenvalue weighted by atomic mass is 79.9. The molecule has 1 saturated heterocycles. The fourth-order valence-electron chi connectivity index (χ4n) is 1.87. The summed E-state index contributed by atoms with van der Waals surface area (Å²) in [6, 6.07) is 6.69. The molecule has 2 rings (SSSR count). The first-order valence-corrected chi connectivity index (χ1v) is 6.37. The number of aliphatic hydroxyl groups is 1. The normalized spacial score (nSPS) is 27.3. The number of rotatable bonds is 4. The molecule has 0 aliphatic carbocycles. The van der Waals surface area contributed by atoms with Crippen LogP contribution in [0, 0.1) is 0 Å². The van der Waals surface area contributed by atoms with Gasteiger partial charge in [-0.05, 0) is 17.7 Å². The van der Waals surface area contributed by atoms with Gasteiger partial charge in [-0.25, -0.2) is 0 Å². The minimum atomic E-state index is -1.06. The minimum Gasteiger partial charge on any atom is -0.480 e. The molecule has 0 amide bonds. The van der Waals surface area contributed by atoms with Crippen LogP contribution in [0.4, 0.5) is 0 Å². The lowest BCUT2D eigenvalue weighted by atomic mass is 10.1. The SMILES string of the molecule is O=C(O)[C@H]1NC[C@H](OCc2ccc(Br)cc2)[C@H]1O. The molecule has 0 saturated carbocycles. The smallest absolute Gasteiger partial charge is 0.323 e. The van der Waals surface area contributed by atoms with E-state index in [4.69, 9.17) is 9.84 Å². The molecule has 1 fully saturated rings. The van der Waals surface area contributed by atoms with Crippen LogP contribution < -0.4 is 5.32 Å². The zero-order chi connectivity index (χ0) is 13.1. The monoisotopic (exact) mass is 315 g/mol. The van der Waals surface area contributed by atoms with E-state index in [1.165, 1.54) is 0 Å². The van der Waals surface area contributed by atoms with Crippen LogP contribution in [0.25, 0.3) is 0 Å². The van der Waals surface area contributed by atoms with Gasteiger partial charge in [0.15, 0.2) is 0 Å². The third kappa shape index (κ3) is 3.08. The van der Waals surface area contributed by atoms with E-state index in [0.717, 1.165) is 10.0 Å². The van der Waals surface area contributed by atoms with Crippen LogP contribution in [0.5, 0.6) is 0 Å². The van der Waals surface area contributed by atoms with E-state index in [0.29, 0.717) is 13.2 Å². The molecule has 1 aliphatic heterocycles. The Kier molecular flexibility index (Phi) is 4.34. The summed E-state index contributed by atoms with van der Waals surface area (Å²) < 4.78 is 6.52. The highest BCUT2D eigenvalue weighted by molar-refractivity contribution is 9.10. The second-order valence-corrected chi connectivity index (χ2v) is 5.11. The van der Waals surface area contributed by atoms with Crippen molar-refractivity contribution >= 4 is 21.9 Å². The zero-order valence-corrected chi connectivity index (χ0v) is 11.1. The van der Waals surface area contributed by atoms with Crippen molar-refractivity contribution in [1.29, 1.82) is 0 Å². The Bertz CT molecular complexity index is 423. The molecule has 0 unspecified atom stereocenters. The molecular weight excluding hydrogens is 302 g/mol. The Morgan fingerprint density at radius 3 is 2.67 bits per heavy atom. The molecule has 18 heavy (non-hydrogen) atoms. The molecular formula is C12H14BrNO4. The van der Waals surface area contributed by atoms with Crippen molar-refractivity contribution in [3.8, 4) is 0 Å². The maximum Gasteiger partial charge on any atom is 0.323 e. The molecule has 6 heteroatoms. The quantitative estimate of drug-likeness (QED) is 0.764. The van der Waals surface area contributed by atoms with Crippen molar-refractivity contribution in [1.82, 2.24) is 5.32 Å². The maximum atomic E-state index is 10.8. The van der Waals surface area contributed by atoms with E-state index in [9.17, 15) is 9.90 Å². The number of carbonyl (C=O) groups is 1. The Morgan fingerprint density at radius 2 is 2.11 bits per heavy atom. The lowest BCUT2D eigenvalue weighted by Crippen LogP contribution is -2.40. The molecule has 98 valence electrons. The molecule has 5 nitrogen and oxygen atoms in total.